The number of aromatic nitrogens is 1. The van der Waals surface area contributed by atoms with Gasteiger partial charge in [0, 0.05) is 33.7 Å². The van der Waals surface area contributed by atoms with Crippen LogP contribution in [0.3, 0.4) is 0 Å². The van der Waals surface area contributed by atoms with Crippen LogP contribution in [-0.4, -0.2) is 4.98 Å². The smallest absolute Gasteiger partial charge is 0.100 e. The maximum atomic E-state index is 10.9. The van der Waals surface area contributed by atoms with E-state index in [1.165, 1.54) is 49.7 Å². The summed E-state index contributed by atoms with van der Waals surface area (Å²) in [5.74, 6) is 0.128. The zero-order chi connectivity index (χ0) is 26.5. The van der Waals surface area contributed by atoms with Crippen LogP contribution in [-0.2, 0) is 5.41 Å². The molecular formula is C37H28N2. The molecule has 3 aliphatic rings. The van der Waals surface area contributed by atoms with Crippen molar-refractivity contribution in [1.29, 1.82) is 5.26 Å². The molecule has 0 saturated carbocycles. The molecule has 0 spiro atoms. The number of benzene rings is 5. The molecule has 0 atom stereocenters. The Balaban J connectivity index is 1.62. The molecule has 0 radical (unpaired) electrons. The summed E-state index contributed by atoms with van der Waals surface area (Å²) in [7, 11) is 0. The molecule has 3 aliphatic carbocycles. The van der Waals surface area contributed by atoms with Gasteiger partial charge in [0.1, 0.15) is 6.07 Å². The largest absolute Gasteiger partial charge is 0.354 e. The van der Waals surface area contributed by atoms with Crippen molar-refractivity contribution in [3.05, 3.63) is 142 Å². The zero-order valence-corrected chi connectivity index (χ0v) is 22.3. The molecule has 1 heterocycles. The summed E-state index contributed by atoms with van der Waals surface area (Å²) in [6.07, 6.45) is 0. The lowest BCUT2D eigenvalue weighted by Gasteiger charge is -2.43. The summed E-state index contributed by atoms with van der Waals surface area (Å²) >= 11 is 0. The van der Waals surface area contributed by atoms with Crippen molar-refractivity contribution in [3.63, 3.8) is 0 Å². The highest BCUT2D eigenvalue weighted by atomic mass is 14.7. The molecule has 0 amide bonds. The molecule has 6 aromatic rings. The van der Waals surface area contributed by atoms with Crippen molar-refractivity contribution in [2.45, 2.75) is 38.0 Å². The van der Waals surface area contributed by atoms with E-state index in [-0.39, 0.29) is 17.3 Å². The lowest BCUT2D eigenvalue weighted by Crippen LogP contribution is -2.29. The summed E-state index contributed by atoms with van der Waals surface area (Å²) in [6.45, 7) is 6.82. The number of fused-ring (bicyclic) bond motifs is 3. The minimum Gasteiger partial charge on any atom is -0.354 e. The average molecular weight is 501 g/mol. The third kappa shape index (κ3) is 2.91. The Morgan fingerprint density at radius 1 is 0.692 bits per heavy atom. The number of nitrogens with zero attached hydrogens (tertiary/aromatic N) is 1. The van der Waals surface area contributed by atoms with Crippen molar-refractivity contribution < 1.29 is 0 Å². The number of nitriles is 1. The first-order chi connectivity index (χ1) is 19.0. The van der Waals surface area contributed by atoms with Crippen LogP contribution in [0.15, 0.2) is 97.1 Å². The summed E-state index contributed by atoms with van der Waals surface area (Å²) in [4.78, 5) is 3.80. The molecule has 1 aromatic heterocycles. The fourth-order valence-corrected chi connectivity index (χ4v) is 7.29. The molecule has 0 saturated heterocycles. The van der Waals surface area contributed by atoms with Crippen LogP contribution in [0, 0.1) is 11.3 Å². The Bertz CT molecular complexity index is 1960. The Labute approximate surface area is 228 Å². The molecule has 0 aliphatic heterocycles. The van der Waals surface area contributed by atoms with Crippen molar-refractivity contribution in [2.24, 2.45) is 0 Å². The highest BCUT2D eigenvalue weighted by Crippen LogP contribution is 2.60. The molecule has 39 heavy (non-hydrogen) atoms. The lowest BCUT2D eigenvalue weighted by molar-refractivity contribution is 0.591. The van der Waals surface area contributed by atoms with Crippen LogP contribution in [0.1, 0.15) is 77.1 Å². The molecule has 0 fully saturated rings. The van der Waals surface area contributed by atoms with E-state index in [9.17, 15) is 5.26 Å². The maximum Gasteiger partial charge on any atom is 0.100 e. The van der Waals surface area contributed by atoms with Crippen LogP contribution in [0.25, 0.3) is 32.9 Å². The van der Waals surface area contributed by atoms with Gasteiger partial charge in [-0.05, 0) is 62.1 Å². The van der Waals surface area contributed by atoms with Gasteiger partial charge in [-0.15, -0.1) is 0 Å². The van der Waals surface area contributed by atoms with E-state index < -0.39 is 0 Å². The van der Waals surface area contributed by atoms with E-state index >= 15 is 0 Å². The monoisotopic (exact) mass is 500 g/mol. The highest BCUT2D eigenvalue weighted by Gasteiger charge is 2.45. The standard InChI is InChI=1S/C37H28N2/c1-37(2,3)22-17-18-29-27(19-22)34-35-32-25-15-9-7-13-23(25)31(24-14-8-10-16-26(24)32)33(35)28(20-38)30(36(34)39-29)21-11-5-4-6-12-21/h4-19,31-32,39H,1-3H3. The molecule has 5 aromatic carbocycles. The van der Waals surface area contributed by atoms with E-state index in [2.05, 4.69) is 123 Å². The van der Waals surface area contributed by atoms with Gasteiger partial charge in [-0.1, -0.05) is 106 Å². The van der Waals surface area contributed by atoms with Crippen LogP contribution in [0.2, 0.25) is 0 Å². The summed E-state index contributed by atoms with van der Waals surface area (Å²) in [5.41, 5.74) is 14.3. The van der Waals surface area contributed by atoms with E-state index in [4.69, 9.17) is 0 Å². The fraction of sp³-hybridized carbons (Fsp3) is 0.162. The van der Waals surface area contributed by atoms with Gasteiger partial charge < -0.3 is 4.98 Å². The van der Waals surface area contributed by atoms with Crippen LogP contribution in [0.5, 0.6) is 0 Å². The average Bonchev–Trinajstić information content (AvgIpc) is 3.34. The molecule has 2 heteroatoms. The Morgan fingerprint density at radius 3 is 1.82 bits per heavy atom. The number of nitrogens with one attached hydrogen (secondary N) is 1. The molecular weight excluding hydrogens is 472 g/mol. The second-order valence-electron chi connectivity index (χ2n) is 12.1. The van der Waals surface area contributed by atoms with Crippen LogP contribution in [0.4, 0.5) is 0 Å². The van der Waals surface area contributed by atoms with Gasteiger partial charge in [-0.2, -0.15) is 5.26 Å². The van der Waals surface area contributed by atoms with E-state index in [0.717, 1.165) is 27.7 Å². The third-order valence-electron chi connectivity index (χ3n) is 8.98. The third-order valence-corrected chi connectivity index (χ3v) is 8.98. The Morgan fingerprint density at radius 2 is 1.26 bits per heavy atom. The van der Waals surface area contributed by atoms with E-state index in [1.54, 1.807) is 0 Å². The summed E-state index contributed by atoms with van der Waals surface area (Å²) in [5, 5.41) is 13.4. The minimum atomic E-state index is 0.0326. The Hall–Kier alpha value is -4.61. The number of rotatable bonds is 1. The molecule has 2 nitrogen and oxygen atoms in total. The number of aromatic amines is 1. The van der Waals surface area contributed by atoms with Gasteiger partial charge >= 0.3 is 0 Å². The first-order valence-electron chi connectivity index (χ1n) is 13.8. The van der Waals surface area contributed by atoms with Gasteiger partial charge in [0.2, 0.25) is 0 Å². The summed E-state index contributed by atoms with van der Waals surface area (Å²) < 4.78 is 0. The van der Waals surface area contributed by atoms with Gasteiger partial charge in [0.15, 0.2) is 0 Å². The van der Waals surface area contributed by atoms with Gasteiger partial charge in [-0.3, -0.25) is 0 Å². The predicted molar refractivity (Wildman–Crippen MR) is 159 cm³/mol. The maximum absolute atomic E-state index is 10.9. The Kier molecular flexibility index (Phi) is 4.43. The lowest BCUT2D eigenvalue weighted by atomic mass is 9.59. The van der Waals surface area contributed by atoms with Crippen LogP contribution >= 0.6 is 0 Å². The highest BCUT2D eigenvalue weighted by molar-refractivity contribution is 6.16. The van der Waals surface area contributed by atoms with Crippen LogP contribution < -0.4 is 0 Å². The molecule has 2 bridgehead atoms. The van der Waals surface area contributed by atoms with E-state index in [0.29, 0.717) is 0 Å². The zero-order valence-electron chi connectivity index (χ0n) is 22.3. The minimum absolute atomic E-state index is 0.0326. The van der Waals surface area contributed by atoms with Gasteiger partial charge in [-0.25, -0.2) is 0 Å². The second-order valence-corrected chi connectivity index (χ2v) is 12.1. The predicted octanol–water partition coefficient (Wildman–Crippen LogP) is 9.14. The van der Waals surface area contributed by atoms with Crippen molar-refractivity contribution in [2.75, 3.05) is 0 Å². The number of H-pyrrole nitrogens is 1. The van der Waals surface area contributed by atoms with Crippen molar-refractivity contribution >= 4 is 21.8 Å². The fourth-order valence-electron chi connectivity index (χ4n) is 7.29. The quantitative estimate of drug-likeness (QED) is 0.240. The van der Waals surface area contributed by atoms with E-state index in [1.807, 2.05) is 6.07 Å². The molecule has 186 valence electrons. The first kappa shape index (κ1) is 22.4. The van der Waals surface area contributed by atoms with Crippen molar-refractivity contribution in [1.82, 2.24) is 4.98 Å². The van der Waals surface area contributed by atoms with Crippen molar-refractivity contribution in [3.8, 4) is 17.2 Å². The topological polar surface area (TPSA) is 39.6 Å². The van der Waals surface area contributed by atoms with Gasteiger partial charge in [0.05, 0.1) is 11.1 Å². The SMILES string of the molecule is CC(C)(C)c1ccc2[nH]c3c(-c4ccccc4)c(C#N)c4c(c3c2c1)C1c2ccccc2C4c2ccccc21. The molecule has 9 rings (SSSR count). The first-order valence-corrected chi connectivity index (χ1v) is 13.8. The number of hydrogen-bond acceptors (Lipinski definition) is 1. The summed E-state index contributed by atoms with van der Waals surface area (Å²) in [6, 6.07) is 37.8. The molecule has 0 unspecified atom stereocenters. The number of hydrogen-bond donors (Lipinski definition) is 1. The molecule has 1 N–H and O–H groups in total. The second kappa shape index (κ2) is 7.71. The van der Waals surface area contributed by atoms with Gasteiger partial charge in [0.25, 0.3) is 0 Å². The normalized spacial score (nSPS) is 17.1.